The van der Waals surface area contributed by atoms with Gasteiger partial charge in [-0.15, -0.1) is 0 Å². The zero-order valence-electron chi connectivity index (χ0n) is 10.1. The van der Waals surface area contributed by atoms with Crippen LogP contribution in [0.25, 0.3) is 0 Å². The van der Waals surface area contributed by atoms with E-state index < -0.39 is 21.8 Å². The molecular formula is C12H16FNO3S. The molecule has 0 saturated carbocycles. The van der Waals surface area contributed by atoms with Crippen molar-refractivity contribution in [1.82, 2.24) is 0 Å². The summed E-state index contributed by atoms with van der Waals surface area (Å²) in [7, 11) is -3.01. The molecule has 2 unspecified atom stereocenters. The summed E-state index contributed by atoms with van der Waals surface area (Å²) < 4.78 is 41.5. The number of rotatable bonds is 3. The fourth-order valence-corrected chi connectivity index (χ4v) is 3.61. The summed E-state index contributed by atoms with van der Waals surface area (Å²) in [5, 5.41) is 0. The fraction of sp³-hybridized carbons (Fsp3) is 0.500. The van der Waals surface area contributed by atoms with E-state index in [4.69, 9.17) is 10.5 Å². The highest BCUT2D eigenvalue weighted by molar-refractivity contribution is 7.91. The van der Waals surface area contributed by atoms with Crippen LogP contribution >= 0.6 is 0 Å². The van der Waals surface area contributed by atoms with E-state index in [2.05, 4.69) is 0 Å². The van der Waals surface area contributed by atoms with Crippen LogP contribution in [0.4, 0.5) is 4.39 Å². The molecule has 2 atom stereocenters. The molecule has 0 amide bonds. The van der Waals surface area contributed by atoms with Gasteiger partial charge in [0.15, 0.2) is 9.84 Å². The lowest BCUT2D eigenvalue weighted by molar-refractivity contribution is 0.225. The van der Waals surface area contributed by atoms with Gasteiger partial charge in [0.25, 0.3) is 0 Å². The van der Waals surface area contributed by atoms with Crippen molar-refractivity contribution in [2.45, 2.75) is 25.5 Å². The van der Waals surface area contributed by atoms with Crippen molar-refractivity contribution in [2.24, 2.45) is 5.73 Å². The van der Waals surface area contributed by atoms with Crippen molar-refractivity contribution in [2.75, 3.05) is 11.5 Å². The molecule has 0 radical (unpaired) electrons. The second-order valence-electron chi connectivity index (χ2n) is 4.61. The summed E-state index contributed by atoms with van der Waals surface area (Å²) in [6, 6.07) is 3.85. The molecule has 0 aliphatic carbocycles. The average molecular weight is 273 g/mol. The van der Waals surface area contributed by atoms with Crippen molar-refractivity contribution in [3.8, 4) is 5.75 Å². The van der Waals surface area contributed by atoms with E-state index in [1.165, 1.54) is 12.1 Å². The van der Waals surface area contributed by atoms with Crippen LogP contribution in [0.1, 0.15) is 24.9 Å². The maximum absolute atomic E-state index is 13.2. The molecule has 0 aromatic heterocycles. The summed E-state index contributed by atoms with van der Waals surface area (Å²) >= 11 is 0. The van der Waals surface area contributed by atoms with Gasteiger partial charge in [-0.2, -0.15) is 0 Å². The summed E-state index contributed by atoms with van der Waals surface area (Å²) in [5.41, 5.74) is 6.45. The molecule has 0 spiro atoms. The van der Waals surface area contributed by atoms with Crippen LogP contribution in [0.3, 0.4) is 0 Å². The molecule has 1 aromatic rings. The lowest BCUT2D eigenvalue weighted by atomic mass is 10.1. The first-order chi connectivity index (χ1) is 8.37. The highest BCUT2D eigenvalue weighted by Crippen LogP contribution is 2.28. The van der Waals surface area contributed by atoms with Gasteiger partial charge in [0, 0.05) is 17.7 Å². The number of hydrogen-bond acceptors (Lipinski definition) is 4. The Morgan fingerprint density at radius 3 is 2.78 bits per heavy atom. The van der Waals surface area contributed by atoms with Crippen molar-refractivity contribution in [3.05, 3.63) is 29.6 Å². The quantitative estimate of drug-likeness (QED) is 0.904. The van der Waals surface area contributed by atoms with Gasteiger partial charge in [0.2, 0.25) is 0 Å². The smallest absolute Gasteiger partial charge is 0.154 e. The molecule has 6 heteroatoms. The van der Waals surface area contributed by atoms with E-state index in [-0.39, 0.29) is 17.5 Å². The number of sulfone groups is 1. The van der Waals surface area contributed by atoms with Crippen LogP contribution in [-0.4, -0.2) is 26.0 Å². The monoisotopic (exact) mass is 273 g/mol. The topological polar surface area (TPSA) is 69.4 Å². The molecule has 100 valence electrons. The average Bonchev–Trinajstić information content (AvgIpc) is 2.57. The molecule has 18 heavy (non-hydrogen) atoms. The summed E-state index contributed by atoms with van der Waals surface area (Å²) in [5.74, 6) is 0.0323. The maximum atomic E-state index is 13.2. The van der Waals surface area contributed by atoms with E-state index in [0.29, 0.717) is 17.7 Å². The molecule has 4 nitrogen and oxygen atoms in total. The Labute approximate surface area is 106 Å². The van der Waals surface area contributed by atoms with Gasteiger partial charge in [-0.25, -0.2) is 12.8 Å². The van der Waals surface area contributed by atoms with Gasteiger partial charge in [-0.1, -0.05) is 6.07 Å². The predicted octanol–water partition coefficient (Wildman–Crippen LogP) is 1.41. The molecule has 0 bridgehead atoms. The van der Waals surface area contributed by atoms with E-state index >= 15 is 0 Å². The zero-order chi connectivity index (χ0) is 13.3. The van der Waals surface area contributed by atoms with Gasteiger partial charge in [0.05, 0.1) is 11.5 Å². The molecule has 1 aliphatic heterocycles. The van der Waals surface area contributed by atoms with Gasteiger partial charge in [0.1, 0.15) is 17.7 Å². The number of nitrogens with two attached hydrogens (primary N) is 1. The molecule has 1 heterocycles. The number of halogens is 1. The first-order valence-electron chi connectivity index (χ1n) is 5.79. The third kappa shape index (κ3) is 3.00. The highest BCUT2D eigenvalue weighted by Gasteiger charge is 2.30. The number of ether oxygens (including phenoxy) is 1. The predicted molar refractivity (Wildman–Crippen MR) is 66.7 cm³/mol. The Hall–Kier alpha value is -1.14. The molecule has 2 rings (SSSR count). The summed E-state index contributed by atoms with van der Waals surface area (Å²) in [4.78, 5) is 0. The van der Waals surface area contributed by atoms with Gasteiger partial charge < -0.3 is 10.5 Å². The Kier molecular flexibility index (Phi) is 3.59. The molecule has 1 saturated heterocycles. The van der Waals surface area contributed by atoms with Gasteiger partial charge in [-0.3, -0.25) is 0 Å². The number of hydrogen-bond donors (Lipinski definition) is 1. The Morgan fingerprint density at radius 2 is 2.22 bits per heavy atom. The van der Waals surface area contributed by atoms with Crippen molar-refractivity contribution >= 4 is 9.84 Å². The van der Waals surface area contributed by atoms with Crippen molar-refractivity contribution in [1.29, 1.82) is 0 Å². The summed E-state index contributed by atoms with van der Waals surface area (Å²) in [6.07, 6.45) is 0.0336. The molecular weight excluding hydrogens is 257 g/mol. The van der Waals surface area contributed by atoms with Crippen molar-refractivity contribution < 1.29 is 17.5 Å². The Bertz CT molecular complexity index is 542. The van der Waals surface area contributed by atoms with E-state index in [1.54, 1.807) is 13.0 Å². The van der Waals surface area contributed by atoms with Crippen LogP contribution in [0.2, 0.25) is 0 Å². The first-order valence-corrected chi connectivity index (χ1v) is 7.61. The number of benzene rings is 1. The third-order valence-electron chi connectivity index (χ3n) is 2.95. The Morgan fingerprint density at radius 1 is 1.50 bits per heavy atom. The van der Waals surface area contributed by atoms with E-state index in [0.717, 1.165) is 0 Å². The molecule has 1 aliphatic rings. The third-order valence-corrected chi connectivity index (χ3v) is 4.69. The highest BCUT2D eigenvalue weighted by atomic mass is 32.2. The molecule has 1 fully saturated rings. The summed E-state index contributed by atoms with van der Waals surface area (Å²) in [6.45, 7) is 1.77. The normalized spacial score (nSPS) is 23.8. The fourth-order valence-electron chi connectivity index (χ4n) is 2.02. The Balaban J connectivity index is 2.21. The van der Waals surface area contributed by atoms with Crippen LogP contribution in [0, 0.1) is 5.82 Å². The second-order valence-corrected chi connectivity index (χ2v) is 6.84. The second kappa shape index (κ2) is 4.85. The molecule has 1 aromatic carbocycles. The van der Waals surface area contributed by atoms with Crippen molar-refractivity contribution in [3.63, 3.8) is 0 Å². The standard InChI is InChI=1S/C12H16FNO3S/c1-8(14)11-3-2-9(13)6-12(11)17-10-4-5-18(15,16)7-10/h2-3,6,8,10H,4-5,7,14H2,1H3. The van der Waals surface area contributed by atoms with Gasteiger partial charge in [-0.05, 0) is 19.4 Å². The van der Waals surface area contributed by atoms with Gasteiger partial charge >= 0.3 is 0 Å². The largest absolute Gasteiger partial charge is 0.489 e. The van der Waals surface area contributed by atoms with Crippen LogP contribution in [0.5, 0.6) is 5.75 Å². The minimum absolute atomic E-state index is 0.0120. The lowest BCUT2D eigenvalue weighted by Gasteiger charge is -2.17. The maximum Gasteiger partial charge on any atom is 0.154 e. The minimum atomic E-state index is -3.01. The first kappa shape index (κ1) is 13.3. The van der Waals surface area contributed by atoms with Crippen LogP contribution in [-0.2, 0) is 9.84 Å². The zero-order valence-corrected chi connectivity index (χ0v) is 10.9. The van der Waals surface area contributed by atoms with Crippen LogP contribution in [0.15, 0.2) is 18.2 Å². The minimum Gasteiger partial charge on any atom is -0.489 e. The van der Waals surface area contributed by atoms with Crippen LogP contribution < -0.4 is 10.5 Å². The van der Waals surface area contributed by atoms with E-state index in [1.807, 2.05) is 0 Å². The SMILES string of the molecule is CC(N)c1ccc(F)cc1OC1CCS(=O)(=O)C1. The molecule has 2 N–H and O–H groups in total. The lowest BCUT2D eigenvalue weighted by Crippen LogP contribution is -2.19. The van der Waals surface area contributed by atoms with E-state index in [9.17, 15) is 12.8 Å².